The van der Waals surface area contributed by atoms with Gasteiger partial charge in [-0.3, -0.25) is 23.8 Å². The molecule has 6 rings (SSSR count). The van der Waals surface area contributed by atoms with Gasteiger partial charge in [-0.2, -0.15) is 4.98 Å². The summed E-state index contributed by atoms with van der Waals surface area (Å²) in [4.78, 5) is 36.8. The molecule has 188 valence electrons. The van der Waals surface area contributed by atoms with E-state index in [-0.39, 0.29) is 5.82 Å². The summed E-state index contributed by atoms with van der Waals surface area (Å²) in [6.07, 6.45) is 0. The van der Waals surface area contributed by atoms with Crippen molar-refractivity contribution in [2.45, 2.75) is 13.1 Å². The van der Waals surface area contributed by atoms with Crippen LogP contribution in [0.5, 0.6) is 0 Å². The van der Waals surface area contributed by atoms with Gasteiger partial charge in [0, 0.05) is 39.8 Å². The van der Waals surface area contributed by atoms with E-state index in [1.807, 2.05) is 4.57 Å². The first-order valence-electron chi connectivity index (χ1n) is 12.4. The molecule has 0 bridgehead atoms. The van der Waals surface area contributed by atoms with Gasteiger partial charge in [0.15, 0.2) is 11.2 Å². The van der Waals surface area contributed by atoms with E-state index in [0.717, 1.165) is 38.3 Å². The molecule has 0 spiro atoms. The number of hydrogen-bond donors (Lipinski definition) is 1. The number of anilines is 1. The molecular weight excluding hydrogens is 471 g/mol. The summed E-state index contributed by atoms with van der Waals surface area (Å²) in [7, 11) is 1.60. The summed E-state index contributed by atoms with van der Waals surface area (Å²) in [5.74, 6) is 0.317. The van der Waals surface area contributed by atoms with Crippen LogP contribution in [-0.4, -0.2) is 50.2 Å². The van der Waals surface area contributed by atoms with Crippen molar-refractivity contribution in [2.75, 3.05) is 31.1 Å². The van der Waals surface area contributed by atoms with Gasteiger partial charge in [-0.05, 0) is 34.0 Å². The normalized spacial score (nSPS) is 14.6. The lowest BCUT2D eigenvalue weighted by atomic mass is 10.0. The third kappa shape index (κ3) is 4.31. The van der Waals surface area contributed by atoms with Crippen molar-refractivity contribution in [3.05, 3.63) is 105 Å². The van der Waals surface area contributed by atoms with Gasteiger partial charge in [-0.15, -0.1) is 0 Å². The highest BCUT2D eigenvalue weighted by Crippen LogP contribution is 2.24. The van der Waals surface area contributed by atoms with Gasteiger partial charge in [0.05, 0.1) is 6.54 Å². The second kappa shape index (κ2) is 9.33. The predicted molar refractivity (Wildman–Crippen MR) is 143 cm³/mol. The van der Waals surface area contributed by atoms with Crippen LogP contribution in [0, 0.1) is 5.82 Å². The summed E-state index contributed by atoms with van der Waals surface area (Å²) in [5.41, 5.74) is 1.83. The average Bonchev–Trinajstić information content (AvgIpc) is 3.29. The predicted octanol–water partition coefficient (Wildman–Crippen LogP) is 3.09. The Morgan fingerprint density at radius 2 is 1.62 bits per heavy atom. The van der Waals surface area contributed by atoms with Crippen LogP contribution >= 0.6 is 0 Å². The van der Waals surface area contributed by atoms with E-state index in [1.54, 1.807) is 19.2 Å². The number of benzene rings is 3. The summed E-state index contributed by atoms with van der Waals surface area (Å²) >= 11 is 0. The van der Waals surface area contributed by atoms with Crippen LogP contribution in [0.15, 0.2) is 76.3 Å². The maximum atomic E-state index is 13.5. The summed E-state index contributed by atoms with van der Waals surface area (Å²) < 4.78 is 16.7. The second-order valence-corrected chi connectivity index (χ2v) is 9.52. The van der Waals surface area contributed by atoms with Crippen molar-refractivity contribution in [3.8, 4) is 0 Å². The number of nitrogens with one attached hydrogen (secondary N) is 1. The largest absolute Gasteiger partial charge is 0.340 e. The van der Waals surface area contributed by atoms with Gasteiger partial charge in [0.2, 0.25) is 5.95 Å². The number of imidazole rings is 1. The number of halogens is 1. The Kier molecular flexibility index (Phi) is 5.84. The molecule has 0 amide bonds. The van der Waals surface area contributed by atoms with Gasteiger partial charge in [0.1, 0.15) is 5.82 Å². The van der Waals surface area contributed by atoms with Crippen molar-refractivity contribution in [1.82, 2.24) is 24.0 Å². The molecule has 0 unspecified atom stereocenters. The standard InChI is InChI=1S/C28H27FN6O2/c1-32-25-24(26(36)31-28(32)37)35(17-19-9-11-22(29)12-10-19)27(30-25)34-15-13-33(14-16-34)18-21-7-4-6-20-5-2-3-8-23(20)21/h2-12H,13-18H2,1H3,(H,31,36,37). The van der Waals surface area contributed by atoms with Gasteiger partial charge in [0.25, 0.3) is 5.56 Å². The fourth-order valence-corrected chi connectivity index (χ4v) is 5.16. The molecule has 0 radical (unpaired) electrons. The molecule has 5 aromatic rings. The van der Waals surface area contributed by atoms with Crippen LogP contribution in [0.3, 0.4) is 0 Å². The lowest BCUT2D eigenvalue weighted by molar-refractivity contribution is 0.249. The molecule has 1 N–H and O–H groups in total. The van der Waals surface area contributed by atoms with Crippen molar-refractivity contribution in [2.24, 2.45) is 7.05 Å². The zero-order valence-electron chi connectivity index (χ0n) is 20.5. The molecule has 37 heavy (non-hydrogen) atoms. The molecule has 0 aliphatic carbocycles. The quantitative estimate of drug-likeness (QED) is 0.403. The maximum Gasteiger partial charge on any atom is 0.329 e. The zero-order chi connectivity index (χ0) is 25.5. The van der Waals surface area contributed by atoms with Gasteiger partial charge in [-0.25, -0.2) is 9.18 Å². The third-order valence-corrected chi connectivity index (χ3v) is 7.17. The number of nitrogens with zero attached hydrogens (tertiary/aromatic N) is 5. The van der Waals surface area contributed by atoms with Crippen molar-refractivity contribution in [3.63, 3.8) is 0 Å². The highest BCUT2D eigenvalue weighted by molar-refractivity contribution is 5.85. The van der Waals surface area contributed by atoms with Crippen LogP contribution < -0.4 is 16.1 Å². The Labute approximate surface area is 212 Å². The number of piperazine rings is 1. The fraction of sp³-hybridized carbons (Fsp3) is 0.250. The summed E-state index contributed by atoms with van der Waals surface area (Å²) in [6, 6.07) is 21.1. The number of rotatable bonds is 5. The van der Waals surface area contributed by atoms with Crippen molar-refractivity contribution < 1.29 is 4.39 Å². The van der Waals surface area contributed by atoms with E-state index < -0.39 is 11.2 Å². The Hall–Kier alpha value is -4.24. The molecule has 3 aromatic carbocycles. The molecule has 0 saturated carbocycles. The minimum Gasteiger partial charge on any atom is -0.340 e. The Morgan fingerprint density at radius 1 is 0.892 bits per heavy atom. The summed E-state index contributed by atoms with van der Waals surface area (Å²) in [5, 5.41) is 2.51. The number of aryl methyl sites for hydroxylation is 1. The van der Waals surface area contributed by atoms with Gasteiger partial charge >= 0.3 is 5.69 Å². The minimum atomic E-state index is -0.504. The van der Waals surface area contributed by atoms with E-state index in [1.165, 1.54) is 33.0 Å². The highest BCUT2D eigenvalue weighted by Gasteiger charge is 2.25. The molecule has 1 saturated heterocycles. The lowest BCUT2D eigenvalue weighted by Gasteiger charge is -2.35. The number of H-pyrrole nitrogens is 1. The minimum absolute atomic E-state index is 0.318. The molecule has 2 aromatic heterocycles. The molecule has 9 heteroatoms. The summed E-state index contributed by atoms with van der Waals surface area (Å²) in [6.45, 7) is 4.31. The highest BCUT2D eigenvalue weighted by atomic mass is 19.1. The van der Waals surface area contributed by atoms with E-state index >= 15 is 0 Å². The van der Waals surface area contributed by atoms with E-state index in [9.17, 15) is 14.0 Å². The van der Waals surface area contributed by atoms with Crippen LogP contribution in [0.2, 0.25) is 0 Å². The van der Waals surface area contributed by atoms with Crippen LogP contribution in [-0.2, 0) is 20.1 Å². The van der Waals surface area contributed by atoms with E-state index in [2.05, 4.69) is 57.2 Å². The SMILES string of the molecule is Cn1c(=O)[nH]c(=O)c2c1nc(N1CCN(Cc3cccc4ccccc34)CC1)n2Cc1ccc(F)cc1. The molecule has 1 fully saturated rings. The first-order chi connectivity index (χ1) is 18.0. The van der Waals surface area contributed by atoms with E-state index in [0.29, 0.717) is 23.7 Å². The third-order valence-electron chi connectivity index (χ3n) is 7.17. The molecule has 3 heterocycles. The first-order valence-corrected chi connectivity index (χ1v) is 12.4. The maximum absolute atomic E-state index is 13.5. The Bertz CT molecular complexity index is 1710. The first kappa shape index (κ1) is 23.2. The van der Waals surface area contributed by atoms with Crippen LogP contribution in [0.1, 0.15) is 11.1 Å². The number of aromatic amines is 1. The zero-order valence-corrected chi connectivity index (χ0v) is 20.5. The molecule has 1 aliphatic heterocycles. The number of fused-ring (bicyclic) bond motifs is 2. The smallest absolute Gasteiger partial charge is 0.329 e. The van der Waals surface area contributed by atoms with Crippen molar-refractivity contribution >= 4 is 27.9 Å². The van der Waals surface area contributed by atoms with Gasteiger partial charge in [-0.1, -0.05) is 54.6 Å². The Balaban J connectivity index is 1.30. The lowest BCUT2D eigenvalue weighted by Crippen LogP contribution is -2.47. The van der Waals surface area contributed by atoms with Crippen LogP contribution in [0.4, 0.5) is 10.3 Å². The second-order valence-electron chi connectivity index (χ2n) is 9.52. The van der Waals surface area contributed by atoms with E-state index in [4.69, 9.17) is 4.98 Å². The van der Waals surface area contributed by atoms with Gasteiger partial charge < -0.3 is 4.90 Å². The molecular formula is C28H27FN6O2. The monoisotopic (exact) mass is 498 g/mol. The van der Waals surface area contributed by atoms with Crippen molar-refractivity contribution in [1.29, 1.82) is 0 Å². The number of hydrogen-bond acceptors (Lipinski definition) is 5. The molecule has 8 nitrogen and oxygen atoms in total. The number of aromatic nitrogens is 4. The average molecular weight is 499 g/mol. The topological polar surface area (TPSA) is 79.2 Å². The Morgan fingerprint density at radius 3 is 2.41 bits per heavy atom. The molecule has 1 aliphatic rings. The molecule has 0 atom stereocenters. The fourth-order valence-electron chi connectivity index (χ4n) is 5.16. The van der Waals surface area contributed by atoms with Crippen LogP contribution in [0.25, 0.3) is 21.9 Å².